The highest BCUT2D eigenvalue weighted by atomic mass is 79.9. The van der Waals surface area contributed by atoms with E-state index in [1.165, 1.54) is 16.3 Å². The first-order chi connectivity index (χ1) is 9.78. The zero-order valence-corrected chi connectivity index (χ0v) is 12.9. The van der Waals surface area contributed by atoms with Crippen LogP contribution in [0.3, 0.4) is 0 Å². The molecule has 2 aromatic carbocycles. The largest absolute Gasteiger partial charge is 0.467 e. The number of benzene rings is 2. The highest BCUT2D eigenvalue weighted by Gasteiger charge is 2.15. The number of rotatable bonds is 4. The fraction of sp³-hybridized carbons (Fsp3) is 0.176. The van der Waals surface area contributed by atoms with Gasteiger partial charge in [-0.25, -0.2) is 0 Å². The first kappa shape index (κ1) is 13.4. The van der Waals surface area contributed by atoms with Crippen LogP contribution in [0.25, 0.3) is 10.8 Å². The van der Waals surface area contributed by atoms with E-state index in [-0.39, 0.29) is 6.04 Å². The topological polar surface area (TPSA) is 25.2 Å². The van der Waals surface area contributed by atoms with Crippen molar-refractivity contribution in [2.75, 3.05) is 6.54 Å². The molecular weight excluding hydrogens is 314 g/mol. The quantitative estimate of drug-likeness (QED) is 0.736. The van der Waals surface area contributed by atoms with E-state index in [2.05, 4.69) is 64.6 Å². The molecule has 3 heteroatoms. The van der Waals surface area contributed by atoms with Crippen molar-refractivity contribution in [3.05, 3.63) is 70.6 Å². The van der Waals surface area contributed by atoms with Gasteiger partial charge in [0.05, 0.1) is 12.3 Å². The maximum absolute atomic E-state index is 5.56. The third kappa shape index (κ3) is 2.65. The normalized spacial score (nSPS) is 12.7. The number of nitrogens with one attached hydrogen (secondary N) is 1. The van der Waals surface area contributed by atoms with E-state index in [0.717, 1.165) is 16.8 Å². The fourth-order valence-electron chi connectivity index (χ4n) is 2.46. The molecule has 3 aromatic rings. The molecule has 2 nitrogen and oxygen atoms in total. The van der Waals surface area contributed by atoms with E-state index >= 15 is 0 Å². The lowest BCUT2D eigenvalue weighted by atomic mass is 10.0. The predicted molar refractivity (Wildman–Crippen MR) is 85.9 cm³/mol. The summed E-state index contributed by atoms with van der Waals surface area (Å²) in [7, 11) is 0. The SMILES string of the molecule is CCNC(c1ccc2cc(Br)ccc2c1)c1ccco1. The van der Waals surface area contributed by atoms with Crippen molar-refractivity contribution < 1.29 is 4.42 Å². The van der Waals surface area contributed by atoms with Gasteiger partial charge in [-0.2, -0.15) is 0 Å². The summed E-state index contributed by atoms with van der Waals surface area (Å²) in [5.41, 5.74) is 1.22. The molecule has 1 atom stereocenters. The van der Waals surface area contributed by atoms with Crippen molar-refractivity contribution in [3.63, 3.8) is 0 Å². The number of hydrogen-bond donors (Lipinski definition) is 1. The van der Waals surface area contributed by atoms with Crippen LogP contribution in [0, 0.1) is 0 Å². The van der Waals surface area contributed by atoms with Gasteiger partial charge in [-0.3, -0.25) is 0 Å². The van der Waals surface area contributed by atoms with Gasteiger partial charge in [0, 0.05) is 4.47 Å². The average Bonchev–Trinajstić information content (AvgIpc) is 2.98. The van der Waals surface area contributed by atoms with Gasteiger partial charge in [0.15, 0.2) is 0 Å². The zero-order chi connectivity index (χ0) is 13.9. The highest BCUT2D eigenvalue weighted by molar-refractivity contribution is 9.10. The van der Waals surface area contributed by atoms with E-state index < -0.39 is 0 Å². The number of furan rings is 1. The van der Waals surface area contributed by atoms with Crippen LogP contribution in [0.4, 0.5) is 0 Å². The third-order valence-electron chi connectivity index (χ3n) is 3.40. The number of fused-ring (bicyclic) bond motifs is 1. The Bertz CT molecular complexity index is 706. The fourth-order valence-corrected chi connectivity index (χ4v) is 2.84. The van der Waals surface area contributed by atoms with Gasteiger partial charge in [0.1, 0.15) is 5.76 Å². The monoisotopic (exact) mass is 329 g/mol. The van der Waals surface area contributed by atoms with Gasteiger partial charge >= 0.3 is 0 Å². The smallest absolute Gasteiger partial charge is 0.125 e. The van der Waals surface area contributed by atoms with Crippen LogP contribution in [0.5, 0.6) is 0 Å². The van der Waals surface area contributed by atoms with Crippen LogP contribution in [0.15, 0.2) is 63.7 Å². The third-order valence-corrected chi connectivity index (χ3v) is 3.89. The molecule has 3 rings (SSSR count). The van der Waals surface area contributed by atoms with Crippen molar-refractivity contribution in [2.45, 2.75) is 13.0 Å². The lowest BCUT2D eigenvalue weighted by Gasteiger charge is -2.16. The lowest BCUT2D eigenvalue weighted by molar-refractivity contribution is 0.452. The second-order valence-electron chi connectivity index (χ2n) is 4.76. The van der Waals surface area contributed by atoms with E-state index in [0.29, 0.717) is 0 Å². The molecular formula is C17H16BrNO. The number of halogens is 1. The lowest BCUT2D eigenvalue weighted by Crippen LogP contribution is -2.21. The molecule has 1 N–H and O–H groups in total. The molecule has 0 spiro atoms. The number of hydrogen-bond acceptors (Lipinski definition) is 2. The van der Waals surface area contributed by atoms with Crippen LogP contribution in [-0.2, 0) is 0 Å². The molecule has 0 saturated heterocycles. The van der Waals surface area contributed by atoms with Crippen LogP contribution in [-0.4, -0.2) is 6.54 Å². The molecule has 0 bridgehead atoms. The Morgan fingerprint density at radius 2 is 1.90 bits per heavy atom. The molecule has 0 saturated carbocycles. The summed E-state index contributed by atoms with van der Waals surface area (Å²) < 4.78 is 6.67. The molecule has 0 aliphatic heterocycles. The summed E-state index contributed by atoms with van der Waals surface area (Å²) in [6.45, 7) is 3.00. The second-order valence-corrected chi connectivity index (χ2v) is 5.67. The summed E-state index contributed by atoms with van der Waals surface area (Å²) in [6, 6.07) is 16.9. The Hall–Kier alpha value is -1.58. The molecule has 1 heterocycles. The Balaban J connectivity index is 2.05. The molecule has 0 aliphatic carbocycles. The van der Waals surface area contributed by atoms with Crippen molar-refractivity contribution in [2.24, 2.45) is 0 Å². The Morgan fingerprint density at radius 1 is 1.10 bits per heavy atom. The maximum Gasteiger partial charge on any atom is 0.125 e. The van der Waals surface area contributed by atoms with Crippen molar-refractivity contribution in [3.8, 4) is 0 Å². The van der Waals surface area contributed by atoms with E-state index in [1.807, 2.05) is 12.1 Å². The van der Waals surface area contributed by atoms with Crippen molar-refractivity contribution >= 4 is 26.7 Å². The van der Waals surface area contributed by atoms with E-state index in [1.54, 1.807) is 6.26 Å². The van der Waals surface area contributed by atoms with Crippen molar-refractivity contribution in [1.82, 2.24) is 5.32 Å². The summed E-state index contributed by atoms with van der Waals surface area (Å²) in [5, 5.41) is 5.94. The molecule has 20 heavy (non-hydrogen) atoms. The second kappa shape index (κ2) is 5.81. The summed E-state index contributed by atoms with van der Waals surface area (Å²) in [6.07, 6.45) is 1.72. The standard InChI is InChI=1S/C17H16BrNO/c1-2-19-17(16-4-3-9-20-16)14-6-5-13-11-15(18)8-7-12(13)10-14/h3-11,17,19H,2H2,1H3. The van der Waals surface area contributed by atoms with Crippen LogP contribution >= 0.6 is 15.9 Å². The van der Waals surface area contributed by atoms with Gasteiger partial charge in [-0.1, -0.05) is 41.1 Å². The average molecular weight is 330 g/mol. The van der Waals surface area contributed by atoms with Gasteiger partial charge in [0.2, 0.25) is 0 Å². The van der Waals surface area contributed by atoms with Gasteiger partial charge < -0.3 is 9.73 Å². The summed E-state index contributed by atoms with van der Waals surface area (Å²) >= 11 is 3.51. The minimum atomic E-state index is 0.100. The molecule has 1 aromatic heterocycles. The van der Waals surface area contributed by atoms with Gasteiger partial charge in [-0.05, 0) is 53.2 Å². The van der Waals surface area contributed by atoms with Crippen LogP contribution < -0.4 is 5.32 Å². The summed E-state index contributed by atoms with van der Waals surface area (Å²) in [5.74, 6) is 0.948. The van der Waals surface area contributed by atoms with E-state index in [4.69, 9.17) is 4.42 Å². The zero-order valence-electron chi connectivity index (χ0n) is 11.3. The molecule has 102 valence electrons. The Kier molecular flexibility index (Phi) is 3.90. The van der Waals surface area contributed by atoms with Gasteiger partial charge in [-0.15, -0.1) is 0 Å². The highest BCUT2D eigenvalue weighted by Crippen LogP contribution is 2.27. The minimum Gasteiger partial charge on any atom is -0.467 e. The maximum atomic E-state index is 5.56. The van der Waals surface area contributed by atoms with E-state index in [9.17, 15) is 0 Å². The molecule has 0 amide bonds. The first-order valence-electron chi connectivity index (χ1n) is 6.74. The van der Waals surface area contributed by atoms with Crippen LogP contribution in [0.2, 0.25) is 0 Å². The predicted octanol–water partition coefficient (Wildman–Crippen LogP) is 4.89. The molecule has 0 radical (unpaired) electrons. The Morgan fingerprint density at radius 3 is 2.65 bits per heavy atom. The van der Waals surface area contributed by atoms with Crippen molar-refractivity contribution in [1.29, 1.82) is 0 Å². The first-order valence-corrected chi connectivity index (χ1v) is 7.53. The molecule has 0 aliphatic rings. The minimum absolute atomic E-state index is 0.100. The molecule has 1 unspecified atom stereocenters. The molecule has 0 fully saturated rings. The van der Waals surface area contributed by atoms with Crippen LogP contribution in [0.1, 0.15) is 24.3 Å². The van der Waals surface area contributed by atoms with Gasteiger partial charge in [0.25, 0.3) is 0 Å². The summed E-state index contributed by atoms with van der Waals surface area (Å²) in [4.78, 5) is 0. The Labute approximate surface area is 126 Å².